The van der Waals surface area contributed by atoms with E-state index in [1.165, 1.54) is 0 Å². The van der Waals surface area contributed by atoms with Crippen LogP contribution in [-0.4, -0.2) is 40.3 Å². The number of aryl methyl sites for hydroxylation is 2. The van der Waals surface area contributed by atoms with Gasteiger partial charge in [-0.15, -0.1) is 11.6 Å². The van der Waals surface area contributed by atoms with E-state index in [2.05, 4.69) is 4.98 Å². The number of rotatable bonds is 5. The van der Waals surface area contributed by atoms with Crippen molar-refractivity contribution in [1.29, 1.82) is 0 Å². The molecule has 0 atom stereocenters. The molecular formula is C14H17Cl2N3O. The van der Waals surface area contributed by atoms with E-state index in [0.717, 1.165) is 16.9 Å². The van der Waals surface area contributed by atoms with Crippen LogP contribution in [0.5, 0.6) is 0 Å². The lowest BCUT2D eigenvalue weighted by Gasteiger charge is -2.12. The summed E-state index contributed by atoms with van der Waals surface area (Å²) in [6, 6.07) is 5.63. The number of alkyl halides is 1. The van der Waals surface area contributed by atoms with Gasteiger partial charge in [0.1, 0.15) is 5.82 Å². The highest BCUT2D eigenvalue weighted by Crippen LogP contribution is 2.25. The predicted octanol–water partition coefficient (Wildman–Crippen LogP) is 2.95. The molecule has 1 amide bonds. The number of amides is 1. The Balaban J connectivity index is 2.38. The number of halogens is 2. The van der Waals surface area contributed by atoms with E-state index in [0.29, 0.717) is 30.3 Å². The Morgan fingerprint density at radius 1 is 1.40 bits per heavy atom. The van der Waals surface area contributed by atoms with Crippen molar-refractivity contribution >= 4 is 40.1 Å². The minimum Gasteiger partial charge on any atom is -0.349 e. The summed E-state index contributed by atoms with van der Waals surface area (Å²) in [6.07, 6.45) is 1.07. The fourth-order valence-corrected chi connectivity index (χ4v) is 2.58. The van der Waals surface area contributed by atoms with Crippen LogP contribution in [0.25, 0.3) is 11.0 Å². The van der Waals surface area contributed by atoms with Gasteiger partial charge >= 0.3 is 0 Å². The molecule has 0 radical (unpaired) electrons. The summed E-state index contributed by atoms with van der Waals surface area (Å²) in [7, 11) is 3.50. The standard InChI is InChI=1S/C14H17Cl2N3O/c1-18(2)13(20)7-9-19-12(6-8-15)17-11-5-3-4-10(16)14(11)19/h3-5H,6-9H2,1-2H3. The molecule has 1 aromatic heterocycles. The summed E-state index contributed by atoms with van der Waals surface area (Å²) in [5.74, 6) is 1.44. The van der Waals surface area contributed by atoms with Gasteiger partial charge in [-0.05, 0) is 12.1 Å². The van der Waals surface area contributed by atoms with Gasteiger partial charge in [-0.25, -0.2) is 4.98 Å². The van der Waals surface area contributed by atoms with Crippen LogP contribution < -0.4 is 0 Å². The monoisotopic (exact) mass is 313 g/mol. The number of nitrogens with zero attached hydrogens (tertiary/aromatic N) is 3. The van der Waals surface area contributed by atoms with Crippen molar-refractivity contribution in [3.63, 3.8) is 0 Å². The Morgan fingerprint density at radius 2 is 2.15 bits per heavy atom. The van der Waals surface area contributed by atoms with Crippen molar-refractivity contribution in [1.82, 2.24) is 14.5 Å². The number of hydrogen-bond acceptors (Lipinski definition) is 2. The van der Waals surface area contributed by atoms with Gasteiger partial charge in [0.2, 0.25) is 5.91 Å². The van der Waals surface area contributed by atoms with Crippen LogP contribution in [0.4, 0.5) is 0 Å². The molecule has 20 heavy (non-hydrogen) atoms. The molecule has 108 valence electrons. The minimum absolute atomic E-state index is 0.0794. The fourth-order valence-electron chi connectivity index (χ4n) is 2.14. The van der Waals surface area contributed by atoms with Crippen LogP contribution in [0.2, 0.25) is 5.02 Å². The number of imidazole rings is 1. The van der Waals surface area contributed by atoms with E-state index in [-0.39, 0.29) is 5.91 Å². The van der Waals surface area contributed by atoms with E-state index >= 15 is 0 Å². The Labute approximate surface area is 128 Å². The molecule has 6 heteroatoms. The number of benzene rings is 1. The molecule has 1 heterocycles. The Kier molecular flexibility index (Phi) is 4.89. The number of aromatic nitrogens is 2. The average Bonchev–Trinajstić information content (AvgIpc) is 2.75. The lowest BCUT2D eigenvalue weighted by molar-refractivity contribution is -0.128. The van der Waals surface area contributed by atoms with Gasteiger partial charge in [-0.2, -0.15) is 0 Å². The van der Waals surface area contributed by atoms with Crippen LogP contribution in [0.15, 0.2) is 18.2 Å². The first-order chi connectivity index (χ1) is 9.54. The topological polar surface area (TPSA) is 38.1 Å². The van der Waals surface area contributed by atoms with Crippen LogP contribution in [0.3, 0.4) is 0 Å². The first-order valence-electron chi connectivity index (χ1n) is 6.44. The lowest BCUT2D eigenvalue weighted by atomic mass is 10.3. The van der Waals surface area contributed by atoms with Gasteiger partial charge in [-0.3, -0.25) is 4.79 Å². The molecule has 1 aromatic carbocycles. The van der Waals surface area contributed by atoms with Crippen molar-refractivity contribution in [2.24, 2.45) is 0 Å². The van der Waals surface area contributed by atoms with E-state index in [1.807, 2.05) is 22.8 Å². The molecule has 0 bridgehead atoms. The van der Waals surface area contributed by atoms with Crippen LogP contribution in [-0.2, 0) is 17.8 Å². The molecule has 2 rings (SSSR count). The normalized spacial score (nSPS) is 11.0. The average molecular weight is 314 g/mol. The lowest BCUT2D eigenvalue weighted by Crippen LogP contribution is -2.23. The highest BCUT2D eigenvalue weighted by molar-refractivity contribution is 6.35. The number of fused-ring (bicyclic) bond motifs is 1. The van der Waals surface area contributed by atoms with Crippen LogP contribution in [0.1, 0.15) is 12.2 Å². The maximum atomic E-state index is 11.8. The molecule has 0 saturated carbocycles. The molecule has 0 N–H and O–H groups in total. The molecule has 0 aliphatic heterocycles. The van der Waals surface area contributed by atoms with Gasteiger partial charge in [0, 0.05) is 39.4 Å². The number of hydrogen-bond donors (Lipinski definition) is 0. The summed E-state index contributed by atoms with van der Waals surface area (Å²) >= 11 is 12.1. The molecule has 0 aliphatic carbocycles. The molecule has 0 unspecified atom stereocenters. The molecule has 0 saturated heterocycles. The fraction of sp³-hybridized carbons (Fsp3) is 0.429. The quantitative estimate of drug-likeness (QED) is 0.796. The first kappa shape index (κ1) is 15.1. The molecular weight excluding hydrogens is 297 g/mol. The zero-order valence-electron chi connectivity index (χ0n) is 11.6. The zero-order chi connectivity index (χ0) is 14.7. The maximum absolute atomic E-state index is 11.8. The highest BCUT2D eigenvalue weighted by Gasteiger charge is 2.14. The molecule has 2 aromatic rings. The zero-order valence-corrected chi connectivity index (χ0v) is 13.1. The van der Waals surface area contributed by atoms with E-state index in [4.69, 9.17) is 23.2 Å². The summed E-state index contributed by atoms with van der Waals surface area (Å²) in [5, 5.41) is 0.646. The van der Waals surface area contributed by atoms with Crippen molar-refractivity contribution in [2.75, 3.05) is 20.0 Å². The van der Waals surface area contributed by atoms with Crippen LogP contribution in [0, 0.1) is 0 Å². The Bertz CT molecular complexity index is 622. The molecule has 0 aliphatic rings. The third kappa shape index (κ3) is 3.07. The van der Waals surface area contributed by atoms with Crippen molar-refractivity contribution in [3.8, 4) is 0 Å². The van der Waals surface area contributed by atoms with E-state index < -0.39 is 0 Å². The number of carbonyl (C=O) groups excluding carboxylic acids is 1. The summed E-state index contributed by atoms with van der Waals surface area (Å²) in [4.78, 5) is 17.9. The van der Waals surface area contributed by atoms with Gasteiger partial charge < -0.3 is 9.47 Å². The smallest absolute Gasteiger partial charge is 0.223 e. The van der Waals surface area contributed by atoms with Gasteiger partial charge in [-0.1, -0.05) is 17.7 Å². The van der Waals surface area contributed by atoms with Crippen molar-refractivity contribution in [2.45, 2.75) is 19.4 Å². The first-order valence-corrected chi connectivity index (χ1v) is 7.35. The second-order valence-electron chi connectivity index (χ2n) is 4.76. The maximum Gasteiger partial charge on any atom is 0.223 e. The molecule has 4 nitrogen and oxygen atoms in total. The summed E-state index contributed by atoms with van der Waals surface area (Å²) in [6.45, 7) is 0.559. The van der Waals surface area contributed by atoms with Crippen LogP contribution >= 0.6 is 23.2 Å². The Hall–Kier alpha value is -1.26. The number of para-hydroxylation sites is 1. The van der Waals surface area contributed by atoms with Crippen molar-refractivity contribution in [3.05, 3.63) is 29.0 Å². The van der Waals surface area contributed by atoms with E-state index in [1.54, 1.807) is 19.0 Å². The summed E-state index contributed by atoms with van der Waals surface area (Å²) < 4.78 is 2.00. The third-order valence-electron chi connectivity index (χ3n) is 3.16. The number of carbonyl (C=O) groups is 1. The SMILES string of the molecule is CN(C)C(=O)CCn1c(CCCl)nc2cccc(Cl)c21. The molecule has 0 fully saturated rings. The van der Waals surface area contributed by atoms with Gasteiger partial charge in [0.05, 0.1) is 16.1 Å². The second-order valence-corrected chi connectivity index (χ2v) is 5.55. The Morgan fingerprint density at radius 3 is 2.80 bits per heavy atom. The van der Waals surface area contributed by atoms with Crippen molar-refractivity contribution < 1.29 is 4.79 Å². The third-order valence-corrected chi connectivity index (χ3v) is 3.66. The minimum atomic E-state index is 0.0794. The largest absolute Gasteiger partial charge is 0.349 e. The van der Waals surface area contributed by atoms with Gasteiger partial charge in [0.25, 0.3) is 0 Å². The molecule has 0 spiro atoms. The second kappa shape index (κ2) is 6.46. The highest BCUT2D eigenvalue weighted by atomic mass is 35.5. The van der Waals surface area contributed by atoms with E-state index in [9.17, 15) is 4.79 Å². The predicted molar refractivity (Wildman–Crippen MR) is 82.5 cm³/mol. The summed E-state index contributed by atoms with van der Waals surface area (Å²) in [5.41, 5.74) is 1.72. The van der Waals surface area contributed by atoms with Gasteiger partial charge in [0.15, 0.2) is 0 Å².